The van der Waals surface area contributed by atoms with Crippen molar-refractivity contribution < 1.29 is 24.5 Å². The van der Waals surface area contributed by atoms with E-state index in [9.17, 15) is 19.8 Å². The minimum atomic E-state index is -1.43. The molecule has 0 aliphatic carbocycles. The van der Waals surface area contributed by atoms with Gasteiger partial charge >= 0.3 is 11.9 Å². The number of hydrogen-bond donors (Lipinski definition) is 2. The monoisotopic (exact) mass is 266 g/mol. The van der Waals surface area contributed by atoms with Crippen molar-refractivity contribution in [3.8, 4) is 0 Å². The topological polar surface area (TPSA) is 83.8 Å². The van der Waals surface area contributed by atoms with Crippen LogP contribution in [-0.2, 0) is 20.9 Å². The van der Waals surface area contributed by atoms with Gasteiger partial charge in [-0.3, -0.25) is 9.59 Å². The molecule has 1 unspecified atom stereocenters. The Balaban J connectivity index is 3.14. The third-order valence-electron chi connectivity index (χ3n) is 2.43. The molecular weight excluding hydrogens is 248 g/mol. The lowest BCUT2D eigenvalue weighted by Gasteiger charge is -2.23. The number of carbonyl (C=O) groups is 2. The van der Waals surface area contributed by atoms with E-state index in [4.69, 9.17) is 4.74 Å². The Bertz CT molecular complexity index is 473. The van der Waals surface area contributed by atoms with E-state index < -0.39 is 23.5 Å². The predicted octanol–water partition coefficient (Wildman–Crippen LogP) is 1.69. The van der Waals surface area contributed by atoms with Crippen molar-refractivity contribution >= 4 is 11.9 Å². The van der Waals surface area contributed by atoms with E-state index in [0.717, 1.165) is 0 Å². The van der Waals surface area contributed by atoms with Crippen LogP contribution in [0.15, 0.2) is 24.3 Å². The third-order valence-corrected chi connectivity index (χ3v) is 2.43. The molecule has 5 nitrogen and oxygen atoms in total. The summed E-state index contributed by atoms with van der Waals surface area (Å²) in [5.74, 6) is -3.56. The lowest BCUT2D eigenvalue weighted by Crippen LogP contribution is -2.31. The fourth-order valence-electron chi connectivity index (χ4n) is 1.68. The lowest BCUT2D eigenvalue weighted by atomic mass is 9.94. The SMILES string of the molecule is CC(C)(C)OC(=O)C(C(=O)O)c1ccccc1CO. The first-order valence-electron chi connectivity index (χ1n) is 5.90. The van der Waals surface area contributed by atoms with E-state index in [1.165, 1.54) is 6.07 Å². The quantitative estimate of drug-likeness (QED) is 0.640. The van der Waals surface area contributed by atoms with E-state index in [-0.39, 0.29) is 12.2 Å². The zero-order valence-electron chi connectivity index (χ0n) is 11.2. The minimum absolute atomic E-state index is 0.256. The number of carboxylic acid groups (broad SMARTS) is 1. The van der Waals surface area contributed by atoms with Crippen LogP contribution in [0, 0.1) is 0 Å². The molecule has 1 aromatic carbocycles. The van der Waals surface area contributed by atoms with Gasteiger partial charge in [0.25, 0.3) is 0 Å². The van der Waals surface area contributed by atoms with Crippen molar-refractivity contribution in [2.75, 3.05) is 0 Å². The number of carboxylic acids is 1. The van der Waals surface area contributed by atoms with Crippen LogP contribution in [0.25, 0.3) is 0 Å². The number of hydrogen-bond acceptors (Lipinski definition) is 4. The molecule has 0 heterocycles. The van der Waals surface area contributed by atoms with E-state index in [2.05, 4.69) is 0 Å². The molecular formula is C14H18O5. The van der Waals surface area contributed by atoms with Crippen LogP contribution in [0.2, 0.25) is 0 Å². The van der Waals surface area contributed by atoms with Crippen molar-refractivity contribution in [2.45, 2.75) is 38.9 Å². The first-order valence-corrected chi connectivity index (χ1v) is 5.90. The summed E-state index contributed by atoms with van der Waals surface area (Å²) in [4.78, 5) is 23.3. The highest BCUT2D eigenvalue weighted by Gasteiger charge is 2.33. The Morgan fingerprint density at radius 3 is 2.32 bits per heavy atom. The van der Waals surface area contributed by atoms with Gasteiger partial charge in [0.1, 0.15) is 5.60 Å². The first kappa shape index (κ1) is 15.2. The number of aliphatic carboxylic acids is 1. The highest BCUT2D eigenvalue weighted by Crippen LogP contribution is 2.24. The molecule has 5 heteroatoms. The Kier molecular flexibility index (Phi) is 4.67. The Labute approximate surface area is 111 Å². The summed E-state index contributed by atoms with van der Waals surface area (Å²) in [6.07, 6.45) is 0. The van der Waals surface area contributed by atoms with Crippen LogP contribution in [0.1, 0.15) is 37.8 Å². The summed E-state index contributed by atoms with van der Waals surface area (Å²) >= 11 is 0. The molecule has 1 aromatic rings. The fourth-order valence-corrected chi connectivity index (χ4v) is 1.68. The number of aliphatic hydroxyl groups is 1. The van der Waals surface area contributed by atoms with Crippen molar-refractivity contribution in [1.82, 2.24) is 0 Å². The van der Waals surface area contributed by atoms with Crippen molar-refractivity contribution in [1.29, 1.82) is 0 Å². The molecule has 104 valence electrons. The average Bonchev–Trinajstić information content (AvgIpc) is 2.26. The Hall–Kier alpha value is -1.88. The average molecular weight is 266 g/mol. The number of carbonyl (C=O) groups excluding carboxylic acids is 1. The maximum Gasteiger partial charge on any atom is 0.325 e. The van der Waals surface area contributed by atoms with E-state index in [0.29, 0.717) is 5.56 Å². The molecule has 19 heavy (non-hydrogen) atoms. The summed E-state index contributed by atoms with van der Waals surface area (Å²) in [5, 5.41) is 18.4. The molecule has 2 N–H and O–H groups in total. The van der Waals surface area contributed by atoms with Gasteiger partial charge in [-0.05, 0) is 31.9 Å². The van der Waals surface area contributed by atoms with Crippen LogP contribution in [0.4, 0.5) is 0 Å². The second-order valence-electron chi connectivity index (χ2n) is 5.16. The molecule has 1 rings (SSSR count). The van der Waals surface area contributed by atoms with E-state index >= 15 is 0 Å². The Morgan fingerprint density at radius 2 is 1.84 bits per heavy atom. The normalized spacial score (nSPS) is 12.8. The molecule has 1 atom stereocenters. The van der Waals surface area contributed by atoms with Gasteiger partial charge in [-0.25, -0.2) is 0 Å². The molecule has 0 saturated heterocycles. The van der Waals surface area contributed by atoms with Crippen LogP contribution in [0.5, 0.6) is 0 Å². The summed E-state index contributed by atoms with van der Waals surface area (Å²) in [6.45, 7) is 4.67. The number of aliphatic hydroxyl groups excluding tert-OH is 1. The number of rotatable bonds is 4. The maximum absolute atomic E-state index is 12.0. The highest BCUT2D eigenvalue weighted by molar-refractivity contribution is 6.00. The van der Waals surface area contributed by atoms with Crippen LogP contribution in [-0.4, -0.2) is 27.8 Å². The molecule has 0 bridgehead atoms. The van der Waals surface area contributed by atoms with Gasteiger partial charge in [0, 0.05) is 0 Å². The second kappa shape index (κ2) is 5.84. The van der Waals surface area contributed by atoms with Gasteiger partial charge in [-0.1, -0.05) is 24.3 Å². The van der Waals surface area contributed by atoms with E-state index in [1.54, 1.807) is 39.0 Å². The maximum atomic E-state index is 12.0. The van der Waals surface area contributed by atoms with Crippen molar-refractivity contribution in [2.24, 2.45) is 0 Å². The van der Waals surface area contributed by atoms with Crippen molar-refractivity contribution in [3.63, 3.8) is 0 Å². The van der Waals surface area contributed by atoms with Crippen molar-refractivity contribution in [3.05, 3.63) is 35.4 Å². The third kappa shape index (κ3) is 4.06. The van der Waals surface area contributed by atoms with Crippen LogP contribution < -0.4 is 0 Å². The summed E-state index contributed by atoms with van der Waals surface area (Å²) < 4.78 is 5.11. The molecule has 0 saturated carbocycles. The summed E-state index contributed by atoms with van der Waals surface area (Å²) in [7, 11) is 0. The number of esters is 1. The van der Waals surface area contributed by atoms with Crippen LogP contribution >= 0.6 is 0 Å². The molecule has 0 aromatic heterocycles. The molecule has 0 radical (unpaired) electrons. The number of ether oxygens (including phenoxy) is 1. The molecule has 0 aliphatic rings. The molecule has 0 amide bonds. The van der Waals surface area contributed by atoms with Gasteiger partial charge in [-0.2, -0.15) is 0 Å². The van der Waals surface area contributed by atoms with Gasteiger partial charge in [0.05, 0.1) is 6.61 Å². The van der Waals surface area contributed by atoms with Gasteiger partial charge in [0.15, 0.2) is 5.92 Å². The zero-order valence-corrected chi connectivity index (χ0v) is 11.2. The first-order chi connectivity index (χ1) is 8.76. The standard InChI is InChI=1S/C14H18O5/c1-14(2,3)19-13(18)11(12(16)17)10-7-5-4-6-9(10)8-15/h4-7,11,15H,8H2,1-3H3,(H,16,17). The largest absolute Gasteiger partial charge is 0.480 e. The summed E-state index contributed by atoms with van der Waals surface area (Å²) in [5.41, 5.74) is -0.105. The Morgan fingerprint density at radius 1 is 1.26 bits per heavy atom. The number of benzene rings is 1. The fraction of sp³-hybridized carbons (Fsp3) is 0.429. The second-order valence-corrected chi connectivity index (χ2v) is 5.16. The molecule has 0 spiro atoms. The summed E-state index contributed by atoms with van der Waals surface area (Å²) in [6, 6.07) is 6.38. The van der Waals surface area contributed by atoms with Gasteiger partial charge in [0.2, 0.25) is 0 Å². The smallest absolute Gasteiger partial charge is 0.325 e. The van der Waals surface area contributed by atoms with Gasteiger partial charge in [-0.15, -0.1) is 0 Å². The predicted molar refractivity (Wildman–Crippen MR) is 68.6 cm³/mol. The lowest BCUT2D eigenvalue weighted by molar-refractivity contribution is -0.162. The van der Waals surface area contributed by atoms with Crippen LogP contribution in [0.3, 0.4) is 0 Å². The highest BCUT2D eigenvalue weighted by atomic mass is 16.6. The molecule has 0 fully saturated rings. The minimum Gasteiger partial charge on any atom is -0.480 e. The molecule has 0 aliphatic heterocycles. The van der Waals surface area contributed by atoms with E-state index in [1.807, 2.05) is 0 Å². The van der Waals surface area contributed by atoms with Gasteiger partial charge < -0.3 is 14.9 Å². The zero-order chi connectivity index (χ0) is 14.6.